The summed E-state index contributed by atoms with van der Waals surface area (Å²) in [7, 11) is 0. The number of rotatable bonds is 5. The van der Waals surface area contributed by atoms with Crippen LogP contribution in [0.2, 0.25) is 0 Å². The van der Waals surface area contributed by atoms with Crippen molar-refractivity contribution < 1.29 is 14.0 Å². The minimum atomic E-state index is -0.276. The van der Waals surface area contributed by atoms with Gasteiger partial charge in [-0.15, -0.1) is 0 Å². The highest BCUT2D eigenvalue weighted by atomic mass is 19.1. The van der Waals surface area contributed by atoms with E-state index in [0.29, 0.717) is 13.1 Å². The van der Waals surface area contributed by atoms with Gasteiger partial charge in [0.2, 0.25) is 11.8 Å². The van der Waals surface area contributed by atoms with E-state index >= 15 is 0 Å². The van der Waals surface area contributed by atoms with Crippen molar-refractivity contribution in [2.75, 3.05) is 19.6 Å². The van der Waals surface area contributed by atoms with Gasteiger partial charge in [-0.25, -0.2) is 4.39 Å². The zero-order valence-corrected chi connectivity index (χ0v) is 14.7. The van der Waals surface area contributed by atoms with Gasteiger partial charge in [0.25, 0.3) is 0 Å². The summed E-state index contributed by atoms with van der Waals surface area (Å²) in [6.07, 6.45) is 4.18. The van der Waals surface area contributed by atoms with Crippen LogP contribution in [0.5, 0.6) is 0 Å². The first-order valence-corrected chi connectivity index (χ1v) is 9.07. The summed E-state index contributed by atoms with van der Waals surface area (Å²) >= 11 is 0. The lowest BCUT2D eigenvalue weighted by Crippen LogP contribution is -2.50. The van der Waals surface area contributed by atoms with E-state index in [1.165, 1.54) is 12.1 Å². The summed E-state index contributed by atoms with van der Waals surface area (Å²) in [5, 5.41) is 2.91. The van der Waals surface area contributed by atoms with Crippen molar-refractivity contribution in [1.29, 1.82) is 0 Å². The van der Waals surface area contributed by atoms with Gasteiger partial charge in [-0.3, -0.25) is 14.5 Å². The fourth-order valence-corrected chi connectivity index (χ4v) is 4.11. The first-order chi connectivity index (χ1) is 12.0. The van der Waals surface area contributed by atoms with Crippen molar-refractivity contribution in [2.24, 2.45) is 0 Å². The highest BCUT2D eigenvalue weighted by Gasteiger charge is 2.39. The van der Waals surface area contributed by atoms with E-state index in [9.17, 15) is 14.0 Å². The summed E-state index contributed by atoms with van der Waals surface area (Å²) in [4.78, 5) is 28.3. The predicted molar refractivity (Wildman–Crippen MR) is 93.3 cm³/mol. The molecule has 0 radical (unpaired) electrons. The number of hydrogen-bond acceptors (Lipinski definition) is 3. The summed E-state index contributed by atoms with van der Waals surface area (Å²) in [6.45, 7) is 4.12. The van der Waals surface area contributed by atoms with Gasteiger partial charge < -0.3 is 10.2 Å². The summed E-state index contributed by atoms with van der Waals surface area (Å²) in [5.41, 5.74) is 0.881. The monoisotopic (exact) mass is 347 g/mol. The Balaban J connectivity index is 1.53. The molecule has 1 aromatic rings. The first-order valence-electron chi connectivity index (χ1n) is 9.07. The van der Waals surface area contributed by atoms with Gasteiger partial charge in [0.1, 0.15) is 5.82 Å². The number of carbonyl (C=O) groups excluding carboxylic acids is 2. The normalized spacial score (nSPS) is 23.8. The highest BCUT2D eigenvalue weighted by Crippen LogP contribution is 2.29. The van der Waals surface area contributed by atoms with Gasteiger partial charge in [-0.1, -0.05) is 12.1 Å². The van der Waals surface area contributed by atoms with Crippen LogP contribution in [0.3, 0.4) is 0 Å². The molecule has 0 aliphatic carbocycles. The molecule has 136 valence electrons. The van der Waals surface area contributed by atoms with Crippen LogP contribution in [0.25, 0.3) is 0 Å². The van der Waals surface area contributed by atoms with Crippen molar-refractivity contribution in [2.45, 2.75) is 51.2 Å². The molecule has 0 saturated carbocycles. The molecular formula is C19H26FN3O2. The third-order valence-electron chi connectivity index (χ3n) is 5.31. The third kappa shape index (κ3) is 4.37. The molecule has 0 spiro atoms. The standard InChI is InChI=1S/C19H26FN3O2/c1-14(24)23-11-3-5-18(23)17-4-2-10-22(17)13-19(25)21-12-15-6-8-16(20)9-7-15/h6-9,17-18H,2-5,10-13H2,1H3,(H,21,25)/t17-,18-/m1/s1. The molecule has 3 rings (SSSR count). The Kier molecular flexibility index (Phi) is 5.68. The van der Waals surface area contributed by atoms with E-state index in [4.69, 9.17) is 0 Å². The molecule has 2 saturated heterocycles. The predicted octanol–water partition coefficient (Wildman–Crippen LogP) is 1.92. The average Bonchev–Trinajstić information content (AvgIpc) is 3.22. The van der Waals surface area contributed by atoms with Gasteiger partial charge in [-0.05, 0) is 49.9 Å². The van der Waals surface area contributed by atoms with Gasteiger partial charge in [-0.2, -0.15) is 0 Å². The zero-order valence-electron chi connectivity index (χ0n) is 14.7. The molecule has 25 heavy (non-hydrogen) atoms. The van der Waals surface area contributed by atoms with Crippen molar-refractivity contribution in [3.8, 4) is 0 Å². The Labute approximate surface area is 148 Å². The van der Waals surface area contributed by atoms with E-state index < -0.39 is 0 Å². The molecule has 2 amide bonds. The highest BCUT2D eigenvalue weighted by molar-refractivity contribution is 5.78. The topological polar surface area (TPSA) is 52.7 Å². The molecule has 2 heterocycles. The second kappa shape index (κ2) is 7.95. The van der Waals surface area contributed by atoms with Gasteiger partial charge in [0.15, 0.2) is 0 Å². The SMILES string of the molecule is CC(=O)N1CCC[C@@H]1[C@H]1CCCN1CC(=O)NCc1ccc(F)cc1. The lowest BCUT2D eigenvalue weighted by molar-refractivity contribution is -0.130. The number of benzene rings is 1. The Morgan fingerprint density at radius 2 is 1.80 bits per heavy atom. The minimum absolute atomic E-state index is 0.0244. The van der Waals surface area contributed by atoms with Gasteiger partial charge in [0.05, 0.1) is 6.54 Å². The number of nitrogens with one attached hydrogen (secondary N) is 1. The van der Waals surface area contributed by atoms with E-state index in [2.05, 4.69) is 10.2 Å². The summed E-state index contributed by atoms with van der Waals surface area (Å²) in [6, 6.07) is 6.67. The van der Waals surface area contributed by atoms with Crippen LogP contribution in [-0.4, -0.2) is 53.3 Å². The molecule has 0 aromatic heterocycles. The third-order valence-corrected chi connectivity index (χ3v) is 5.31. The number of likely N-dealkylation sites (tertiary alicyclic amines) is 2. The maximum absolute atomic E-state index is 12.9. The lowest BCUT2D eigenvalue weighted by Gasteiger charge is -2.34. The number of halogens is 1. The summed E-state index contributed by atoms with van der Waals surface area (Å²) in [5.74, 6) is -0.166. The first kappa shape index (κ1) is 17.9. The Bertz CT molecular complexity index is 620. The molecule has 2 atom stereocenters. The Morgan fingerprint density at radius 3 is 2.52 bits per heavy atom. The molecule has 1 aromatic carbocycles. The minimum Gasteiger partial charge on any atom is -0.351 e. The van der Waals surface area contributed by atoms with Crippen molar-refractivity contribution in [3.05, 3.63) is 35.6 Å². The van der Waals surface area contributed by atoms with Crippen LogP contribution in [0.4, 0.5) is 4.39 Å². The largest absolute Gasteiger partial charge is 0.351 e. The fourth-order valence-electron chi connectivity index (χ4n) is 4.11. The van der Waals surface area contributed by atoms with Crippen LogP contribution < -0.4 is 5.32 Å². The Morgan fingerprint density at radius 1 is 1.12 bits per heavy atom. The second-order valence-corrected chi connectivity index (χ2v) is 7.01. The second-order valence-electron chi connectivity index (χ2n) is 7.01. The van der Waals surface area contributed by atoms with E-state index in [1.807, 2.05) is 4.90 Å². The Hall–Kier alpha value is -1.95. The van der Waals surface area contributed by atoms with Gasteiger partial charge in [0, 0.05) is 32.1 Å². The number of nitrogens with zero attached hydrogens (tertiary/aromatic N) is 2. The number of amides is 2. The molecule has 2 aliphatic rings. The molecule has 2 aliphatic heterocycles. The number of hydrogen-bond donors (Lipinski definition) is 1. The van der Waals surface area contributed by atoms with Crippen LogP contribution in [-0.2, 0) is 16.1 Å². The van der Waals surface area contributed by atoms with Crippen LogP contribution >= 0.6 is 0 Å². The smallest absolute Gasteiger partial charge is 0.234 e. The quantitative estimate of drug-likeness (QED) is 0.885. The molecule has 0 bridgehead atoms. The molecule has 0 unspecified atom stereocenters. The average molecular weight is 347 g/mol. The maximum atomic E-state index is 12.9. The van der Waals surface area contributed by atoms with Crippen molar-refractivity contribution in [1.82, 2.24) is 15.1 Å². The molecule has 6 heteroatoms. The van der Waals surface area contributed by atoms with E-state index in [-0.39, 0.29) is 29.7 Å². The molecule has 5 nitrogen and oxygen atoms in total. The molecular weight excluding hydrogens is 321 g/mol. The van der Waals surface area contributed by atoms with Crippen LogP contribution in [0.1, 0.15) is 38.2 Å². The van der Waals surface area contributed by atoms with E-state index in [0.717, 1.165) is 44.3 Å². The fraction of sp³-hybridized carbons (Fsp3) is 0.579. The van der Waals surface area contributed by atoms with Crippen molar-refractivity contribution in [3.63, 3.8) is 0 Å². The van der Waals surface area contributed by atoms with E-state index in [1.54, 1.807) is 19.1 Å². The van der Waals surface area contributed by atoms with Crippen molar-refractivity contribution >= 4 is 11.8 Å². The molecule has 2 fully saturated rings. The lowest BCUT2D eigenvalue weighted by atomic mass is 10.0. The van der Waals surface area contributed by atoms with Crippen LogP contribution in [0.15, 0.2) is 24.3 Å². The summed E-state index contributed by atoms with van der Waals surface area (Å²) < 4.78 is 12.9. The number of carbonyl (C=O) groups is 2. The van der Waals surface area contributed by atoms with Crippen LogP contribution in [0, 0.1) is 5.82 Å². The van der Waals surface area contributed by atoms with Gasteiger partial charge >= 0.3 is 0 Å². The molecule has 1 N–H and O–H groups in total. The maximum Gasteiger partial charge on any atom is 0.234 e. The zero-order chi connectivity index (χ0) is 17.8.